The van der Waals surface area contributed by atoms with Gasteiger partial charge < -0.3 is 10.7 Å². The number of hydrogen-bond donors (Lipinski definition) is 3. The van der Waals surface area contributed by atoms with Crippen molar-refractivity contribution < 1.29 is 4.79 Å². The molecule has 4 N–H and O–H groups in total. The lowest BCUT2D eigenvalue weighted by atomic mass is 10.1. The van der Waals surface area contributed by atoms with E-state index in [0.717, 1.165) is 17.9 Å². The van der Waals surface area contributed by atoms with Crippen molar-refractivity contribution in [3.05, 3.63) is 29.8 Å². The second-order valence-corrected chi connectivity index (χ2v) is 6.24. The van der Waals surface area contributed by atoms with Crippen LogP contribution >= 0.6 is 11.8 Å². The number of nitrogen functional groups attached to an aromatic ring is 1. The summed E-state index contributed by atoms with van der Waals surface area (Å²) in [5.74, 6) is 6.42. The van der Waals surface area contributed by atoms with E-state index in [9.17, 15) is 4.79 Å². The van der Waals surface area contributed by atoms with Crippen molar-refractivity contribution in [1.82, 2.24) is 5.32 Å². The van der Waals surface area contributed by atoms with Crippen LogP contribution in [0.15, 0.2) is 24.3 Å². The molecule has 1 saturated carbocycles. The zero-order chi connectivity index (χ0) is 13.7. The summed E-state index contributed by atoms with van der Waals surface area (Å²) in [6, 6.07) is 7.51. The van der Waals surface area contributed by atoms with E-state index >= 15 is 0 Å². The Labute approximate surface area is 118 Å². The second-order valence-electron chi connectivity index (χ2n) is 4.73. The van der Waals surface area contributed by atoms with Crippen LogP contribution in [0.2, 0.25) is 0 Å². The SMILES string of the molecule is CCSC1CCCC1NC(=O)c1ccc(NN)cc1. The molecule has 4 nitrogen and oxygen atoms in total. The van der Waals surface area contributed by atoms with Crippen LogP contribution in [0.1, 0.15) is 36.5 Å². The molecule has 2 unspecified atom stereocenters. The highest BCUT2D eigenvalue weighted by Gasteiger charge is 2.28. The van der Waals surface area contributed by atoms with Gasteiger partial charge in [-0.1, -0.05) is 13.3 Å². The van der Waals surface area contributed by atoms with Gasteiger partial charge in [-0.15, -0.1) is 0 Å². The Morgan fingerprint density at radius 2 is 2.11 bits per heavy atom. The number of benzene rings is 1. The summed E-state index contributed by atoms with van der Waals surface area (Å²) in [7, 11) is 0. The third-order valence-electron chi connectivity index (χ3n) is 3.46. The fourth-order valence-corrected chi connectivity index (χ4v) is 3.67. The van der Waals surface area contributed by atoms with Crippen LogP contribution in [0.3, 0.4) is 0 Å². The maximum Gasteiger partial charge on any atom is 0.251 e. The van der Waals surface area contributed by atoms with E-state index in [1.165, 1.54) is 12.8 Å². The average Bonchev–Trinajstić information content (AvgIpc) is 2.86. The molecule has 2 atom stereocenters. The Morgan fingerprint density at radius 3 is 2.74 bits per heavy atom. The molecule has 0 bridgehead atoms. The van der Waals surface area contributed by atoms with Crippen LogP contribution in [-0.4, -0.2) is 23.0 Å². The van der Waals surface area contributed by atoms with E-state index in [1.54, 1.807) is 12.1 Å². The molecule has 0 aromatic heterocycles. The molecule has 1 fully saturated rings. The molecule has 0 saturated heterocycles. The molecule has 2 rings (SSSR count). The summed E-state index contributed by atoms with van der Waals surface area (Å²) >= 11 is 1.95. The van der Waals surface area contributed by atoms with E-state index in [1.807, 2.05) is 23.9 Å². The Morgan fingerprint density at radius 1 is 1.37 bits per heavy atom. The molecule has 0 heterocycles. The molecular weight excluding hydrogens is 258 g/mol. The first-order valence-electron chi connectivity index (χ1n) is 6.73. The number of carbonyl (C=O) groups is 1. The van der Waals surface area contributed by atoms with Gasteiger partial charge >= 0.3 is 0 Å². The molecule has 19 heavy (non-hydrogen) atoms. The molecule has 104 valence electrons. The largest absolute Gasteiger partial charge is 0.348 e. The smallest absolute Gasteiger partial charge is 0.251 e. The lowest BCUT2D eigenvalue weighted by Gasteiger charge is -2.20. The fraction of sp³-hybridized carbons (Fsp3) is 0.500. The van der Waals surface area contributed by atoms with Crippen molar-refractivity contribution in [1.29, 1.82) is 0 Å². The van der Waals surface area contributed by atoms with Crippen molar-refractivity contribution in [3.63, 3.8) is 0 Å². The minimum Gasteiger partial charge on any atom is -0.348 e. The lowest BCUT2D eigenvalue weighted by molar-refractivity contribution is 0.0938. The molecule has 1 aliphatic rings. The van der Waals surface area contributed by atoms with Gasteiger partial charge in [0.2, 0.25) is 0 Å². The summed E-state index contributed by atoms with van der Waals surface area (Å²) in [6.45, 7) is 2.17. The van der Waals surface area contributed by atoms with Crippen LogP contribution in [-0.2, 0) is 0 Å². The maximum atomic E-state index is 12.2. The van der Waals surface area contributed by atoms with Gasteiger partial charge in [0.05, 0.1) is 0 Å². The highest BCUT2D eigenvalue weighted by atomic mass is 32.2. The highest BCUT2D eigenvalue weighted by molar-refractivity contribution is 7.99. The van der Waals surface area contributed by atoms with Crippen molar-refractivity contribution in [3.8, 4) is 0 Å². The summed E-state index contributed by atoms with van der Waals surface area (Å²) in [6.07, 6.45) is 3.50. The molecule has 0 aliphatic heterocycles. The Hall–Kier alpha value is -1.20. The van der Waals surface area contributed by atoms with Crippen LogP contribution in [0.25, 0.3) is 0 Å². The minimum atomic E-state index is 0.0113. The molecule has 1 aromatic rings. The zero-order valence-corrected chi connectivity index (χ0v) is 12.0. The van der Waals surface area contributed by atoms with Crippen LogP contribution < -0.4 is 16.6 Å². The second kappa shape index (κ2) is 6.82. The first kappa shape index (κ1) is 14.2. The number of hydrogen-bond acceptors (Lipinski definition) is 4. The standard InChI is InChI=1S/C14H21N3OS/c1-2-19-13-5-3-4-12(13)16-14(18)10-6-8-11(17-15)9-7-10/h6-9,12-13,17H,2-5,15H2,1H3,(H,16,18). The molecule has 0 spiro atoms. The third-order valence-corrected chi connectivity index (χ3v) is 4.79. The van der Waals surface area contributed by atoms with Crippen LogP contribution in [0, 0.1) is 0 Å². The number of thioether (sulfide) groups is 1. The highest BCUT2D eigenvalue weighted by Crippen LogP contribution is 2.30. The first-order chi connectivity index (χ1) is 9.24. The number of nitrogens with one attached hydrogen (secondary N) is 2. The number of amides is 1. The number of hydrazine groups is 1. The van der Waals surface area contributed by atoms with E-state index in [4.69, 9.17) is 5.84 Å². The van der Waals surface area contributed by atoms with Gasteiger partial charge in [-0.3, -0.25) is 10.6 Å². The zero-order valence-electron chi connectivity index (χ0n) is 11.2. The predicted octanol–water partition coefficient (Wildman–Crippen LogP) is 2.38. The number of nitrogens with two attached hydrogens (primary N) is 1. The summed E-state index contributed by atoms with van der Waals surface area (Å²) in [5.41, 5.74) is 4.04. The predicted molar refractivity (Wildman–Crippen MR) is 81.3 cm³/mol. The van der Waals surface area contributed by atoms with E-state index in [-0.39, 0.29) is 5.91 Å². The van der Waals surface area contributed by atoms with E-state index in [2.05, 4.69) is 17.7 Å². The first-order valence-corrected chi connectivity index (χ1v) is 7.78. The number of carbonyl (C=O) groups excluding carboxylic acids is 1. The molecule has 1 amide bonds. The molecular formula is C14H21N3OS. The fourth-order valence-electron chi connectivity index (χ4n) is 2.47. The number of rotatable bonds is 5. The molecule has 1 aliphatic carbocycles. The summed E-state index contributed by atoms with van der Waals surface area (Å²) < 4.78 is 0. The lowest BCUT2D eigenvalue weighted by Crippen LogP contribution is -2.38. The van der Waals surface area contributed by atoms with E-state index in [0.29, 0.717) is 16.9 Å². The Balaban J connectivity index is 1.95. The maximum absolute atomic E-state index is 12.2. The van der Waals surface area contributed by atoms with Gasteiger partial charge in [0.15, 0.2) is 0 Å². The normalized spacial score (nSPS) is 22.2. The topological polar surface area (TPSA) is 67.2 Å². The van der Waals surface area contributed by atoms with Crippen molar-refractivity contribution in [2.75, 3.05) is 11.2 Å². The van der Waals surface area contributed by atoms with Gasteiger partial charge in [-0.25, -0.2) is 0 Å². The summed E-state index contributed by atoms with van der Waals surface area (Å²) in [5, 5.41) is 3.72. The Bertz CT molecular complexity index is 421. The number of anilines is 1. The molecule has 5 heteroatoms. The quantitative estimate of drug-likeness (QED) is 0.572. The monoisotopic (exact) mass is 279 g/mol. The van der Waals surface area contributed by atoms with Crippen LogP contribution in [0.4, 0.5) is 5.69 Å². The van der Waals surface area contributed by atoms with Gasteiger partial charge in [0.1, 0.15) is 0 Å². The van der Waals surface area contributed by atoms with Gasteiger partial charge in [0.25, 0.3) is 5.91 Å². The van der Waals surface area contributed by atoms with Gasteiger partial charge in [-0.2, -0.15) is 11.8 Å². The average molecular weight is 279 g/mol. The van der Waals surface area contributed by atoms with Crippen molar-refractivity contribution in [2.45, 2.75) is 37.5 Å². The molecule has 1 aromatic carbocycles. The van der Waals surface area contributed by atoms with Crippen molar-refractivity contribution >= 4 is 23.4 Å². The van der Waals surface area contributed by atoms with Gasteiger partial charge in [0, 0.05) is 22.5 Å². The third kappa shape index (κ3) is 3.64. The molecule has 0 radical (unpaired) electrons. The minimum absolute atomic E-state index is 0.0113. The van der Waals surface area contributed by atoms with Gasteiger partial charge in [-0.05, 0) is 42.9 Å². The van der Waals surface area contributed by atoms with Crippen LogP contribution in [0.5, 0.6) is 0 Å². The Kier molecular flexibility index (Phi) is 5.10. The van der Waals surface area contributed by atoms with Crippen molar-refractivity contribution in [2.24, 2.45) is 5.84 Å². The van der Waals surface area contributed by atoms with E-state index < -0.39 is 0 Å². The summed E-state index contributed by atoms with van der Waals surface area (Å²) in [4.78, 5) is 12.2.